The normalized spacial score (nSPS) is 10.5. The highest BCUT2D eigenvalue weighted by atomic mass is 32.2. The minimum atomic E-state index is -0.352. The van der Waals surface area contributed by atoms with Crippen molar-refractivity contribution in [2.75, 3.05) is 33.6 Å². The van der Waals surface area contributed by atoms with E-state index in [-0.39, 0.29) is 17.2 Å². The summed E-state index contributed by atoms with van der Waals surface area (Å²) >= 11 is 0.767. The number of nitrogens with zero attached hydrogens (tertiary/aromatic N) is 4. The van der Waals surface area contributed by atoms with Crippen LogP contribution < -0.4 is 10.9 Å². The van der Waals surface area contributed by atoms with E-state index in [4.69, 9.17) is 8.86 Å². The number of aromatic nitrogens is 2. The maximum atomic E-state index is 11.2. The summed E-state index contributed by atoms with van der Waals surface area (Å²) in [4.78, 5) is 21.0. The highest BCUT2D eigenvalue weighted by Crippen LogP contribution is 2.16. The maximum absolute atomic E-state index is 11.2. The van der Waals surface area contributed by atoms with Crippen molar-refractivity contribution in [1.82, 2.24) is 25.5 Å². The Bertz CT molecular complexity index is 384. The predicted octanol–water partition coefficient (Wildman–Crippen LogP) is 0.0996. The Morgan fingerprint density at radius 2 is 2.11 bits per heavy atom. The van der Waals surface area contributed by atoms with E-state index in [0.717, 1.165) is 12.0 Å². The monoisotopic (exact) mass is 278 g/mol. The van der Waals surface area contributed by atoms with Gasteiger partial charge in [-0.05, 0) is 5.16 Å². The molecule has 0 aliphatic rings. The zero-order valence-electron chi connectivity index (χ0n) is 10.3. The second-order valence-corrected chi connectivity index (χ2v) is 4.04. The number of carbonyl (C=O) groups excluding carboxylic acids is 1. The largest absolute Gasteiger partial charge is 0.341 e. The minimum absolute atomic E-state index is 0.0288. The standard InChI is InChI=1S/C7H14N6O4S/c1-12(2)7(14)10-9-5-8-6(11-15-5)18-17-16-13(3)4/h1-4H3,(H,10,14)(H,8,9,11). The van der Waals surface area contributed by atoms with Crippen LogP contribution in [0.4, 0.5) is 10.8 Å². The van der Waals surface area contributed by atoms with E-state index < -0.39 is 0 Å². The van der Waals surface area contributed by atoms with Gasteiger partial charge in [0.1, 0.15) is 12.0 Å². The number of hydrogen-bond acceptors (Lipinski definition) is 9. The lowest BCUT2D eigenvalue weighted by molar-refractivity contribution is -0.340. The molecule has 11 heteroatoms. The first kappa shape index (κ1) is 14.5. The smallest absolute Gasteiger partial charge is 0.330 e. The van der Waals surface area contributed by atoms with Gasteiger partial charge in [0.05, 0.1) is 0 Å². The van der Waals surface area contributed by atoms with E-state index in [9.17, 15) is 4.79 Å². The van der Waals surface area contributed by atoms with Crippen molar-refractivity contribution in [3.63, 3.8) is 0 Å². The molecule has 0 saturated heterocycles. The van der Waals surface area contributed by atoms with Crippen molar-refractivity contribution in [3.8, 4) is 0 Å². The van der Waals surface area contributed by atoms with Gasteiger partial charge in [-0.1, -0.05) is 0 Å². The number of urea groups is 1. The van der Waals surface area contributed by atoms with Crippen LogP contribution in [0.25, 0.3) is 0 Å². The maximum Gasteiger partial charge on any atom is 0.341 e. The van der Waals surface area contributed by atoms with E-state index in [2.05, 4.69) is 26.0 Å². The Balaban J connectivity index is 2.32. The molecule has 0 aliphatic carbocycles. The lowest BCUT2D eigenvalue weighted by Crippen LogP contribution is -2.38. The molecule has 1 aromatic rings. The Hall–Kier alpha value is -1.56. The zero-order chi connectivity index (χ0) is 13.5. The van der Waals surface area contributed by atoms with Crippen LogP contribution in [0, 0.1) is 0 Å². The summed E-state index contributed by atoms with van der Waals surface area (Å²) < 4.78 is 9.47. The number of rotatable bonds is 6. The first-order chi connectivity index (χ1) is 8.49. The van der Waals surface area contributed by atoms with Gasteiger partial charge in [0.2, 0.25) is 0 Å². The predicted molar refractivity (Wildman–Crippen MR) is 61.9 cm³/mol. The molecule has 1 aromatic heterocycles. The Morgan fingerprint density at radius 3 is 2.72 bits per heavy atom. The summed E-state index contributed by atoms with van der Waals surface area (Å²) in [7, 11) is 6.50. The highest BCUT2D eigenvalue weighted by Gasteiger charge is 2.09. The van der Waals surface area contributed by atoms with Crippen LogP contribution in [0.5, 0.6) is 0 Å². The fourth-order valence-corrected chi connectivity index (χ4v) is 1.02. The molecule has 18 heavy (non-hydrogen) atoms. The molecular weight excluding hydrogens is 264 g/mol. The van der Waals surface area contributed by atoms with Gasteiger partial charge >= 0.3 is 12.0 Å². The molecule has 1 rings (SSSR count). The average molecular weight is 278 g/mol. The Labute approximate surface area is 108 Å². The van der Waals surface area contributed by atoms with Crippen LogP contribution in [0.3, 0.4) is 0 Å². The number of hydrazine groups is 1. The molecule has 102 valence electrons. The van der Waals surface area contributed by atoms with Crippen molar-refractivity contribution >= 4 is 24.1 Å². The van der Waals surface area contributed by atoms with E-state index in [0.29, 0.717) is 0 Å². The fourth-order valence-electron chi connectivity index (χ4n) is 0.620. The minimum Gasteiger partial charge on any atom is -0.330 e. The number of carbonyl (C=O) groups is 1. The van der Waals surface area contributed by atoms with Crippen LogP contribution in [0.1, 0.15) is 0 Å². The summed E-state index contributed by atoms with van der Waals surface area (Å²) in [5, 5.41) is 5.11. The number of anilines is 1. The van der Waals surface area contributed by atoms with Crippen molar-refractivity contribution in [3.05, 3.63) is 0 Å². The topological polar surface area (TPSA) is 105 Å². The number of nitrogens with one attached hydrogen (secondary N) is 2. The molecule has 0 aromatic carbocycles. The van der Waals surface area contributed by atoms with E-state index in [1.807, 2.05) is 0 Å². The molecule has 0 radical (unpaired) electrons. The van der Waals surface area contributed by atoms with Crippen LogP contribution in [0.15, 0.2) is 9.68 Å². The Morgan fingerprint density at radius 1 is 1.39 bits per heavy atom. The van der Waals surface area contributed by atoms with Crippen LogP contribution in [-0.4, -0.2) is 54.3 Å². The summed E-state index contributed by atoms with van der Waals surface area (Å²) in [6.45, 7) is 0. The SMILES string of the molecule is CN(C)OOSc1noc(NNC(=O)N(C)C)n1. The van der Waals surface area contributed by atoms with Gasteiger partial charge in [0, 0.05) is 28.2 Å². The Kier molecular flexibility index (Phi) is 5.64. The molecule has 0 bridgehead atoms. The quantitative estimate of drug-likeness (QED) is 0.425. The van der Waals surface area contributed by atoms with Gasteiger partial charge in [-0.15, -0.1) is 9.32 Å². The van der Waals surface area contributed by atoms with Gasteiger partial charge in [0.15, 0.2) is 0 Å². The molecular formula is C7H14N6O4S. The van der Waals surface area contributed by atoms with Crippen molar-refractivity contribution in [2.24, 2.45) is 0 Å². The summed E-state index contributed by atoms with van der Waals surface area (Å²) in [6.07, 6.45) is 0. The van der Waals surface area contributed by atoms with Crippen LogP contribution >= 0.6 is 12.0 Å². The van der Waals surface area contributed by atoms with Gasteiger partial charge in [0.25, 0.3) is 5.16 Å². The highest BCUT2D eigenvalue weighted by molar-refractivity contribution is 7.94. The number of hydrogen-bond donors (Lipinski definition) is 2. The molecule has 0 atom stereocenters. The molecule has 0 spiro atoms. The second-order valence-electron chi connectivity index (χ2n) is 3.37. The summed E-state index contributed by atoms with van der Waals surface area (Å²) in [5.41, 5.74) is 4.78. The summed E-state index contributed by atoms with van der Waals surface area (Å²) in [5.74, 6) is 0. The molecule has 2 amide bonds. The van der Waals surface area contributed by atoms with E-state index >= 15 is 0 Å². The first-order valence-corrected chi connectivity index (χ1v) is 5.49. The van der Waals surface area contributed by atoms with Crippen molar-refractivity contribution < 1.29 is 18.6 Å². The van der Waals surface area contributed by atoms with Gasteiger partial charge in [-0.2, -0.15) is 10.0 Å². The third-order valence-corrected chi connectivity index (χ3v) is 1.82. The summed E-state index contributed by atoms with van der Waals surface area (Å²) in [6, 6.07) is -0.323. The van der Waals surface area contributed by atoms with Crippen LogP contribution in [-0.2, 0) is 9.32 Å². The third-order valence-electron chi connectivity index (χ3n) is 1.38. The van der Waals surface area contributed by atoms with Crippen molar-refractivity contribution in [2.45, 2.75) is 5.16 Å². The van der Waals surface area contributed by atoms with Gasteiger partial charge in [-0.3, -0.25) is 0 Å². The molecule has 0 unspecified atom stereocenters. The molecule has 0 aliphatic heterocycles. The number of hydroxylamine groups is 2. The third kappa shape index (κ3) is 5.18. The van der Waals surface area contributed by atoms with Crippen molar-refractivity contribution in [1.29, 1.82) is 0 Å². The van der Waals surface area contributed by atoms with Gasteiger partial charge in [-0.25, -0.2) is 15.6 Å². The molecule has 10 nitrogen and oxygen atoms in total. The first-order valence-electron chi connectivity index (χ1n) is 4.74. The van der Waals surface area contributed by atoms with Gasteiger partial charge < -0.3 is 9.42 Å². The molecule has 2 N–H and O–H groups in total. The number of amides is 2. The zero-order valence-corrected chi connectivity index (χ0v) is 11.1. The van der Waals surface area contributed by atoms with E-state index in [1.54, 1.807) is 28.2 Å². The second kappa shape index (κ2) is 7.00. The molecule has 0 saturated carbocycles. The lowest BCUT2D eigenvalue weighted by atomic mass is 10.8. The van der Waals surface area contributed by atoms with Crippen LogP contribution in [0.2, 0.25) is 0 Å². The molecule has 0 fully saturated rings. The van der Waals surface area contributed by atoms with E-state index in [1.165, 1.54) is 9.96 Å². The average Bonchev–Trinajstić information content (AvgIpc) is 2.73. The lowest BCUT2D eigenvalue weighted by Gasteiger charge is -2.10. The molecule has 1 heterocycles. The fraction of sp³-hybridized carbons (Fsp3) is 0.571.